The lowest BCUT2D eigenvalue weighted by molar-refractivity contribution is -0.119. The smallest absolute Gasteiger partial charge is 0.193 e. The zero-order valence-electron chi connectivity index (χ0n) is 32.3. The molecule has 5 heteroatoms. The summed E-state index contributed by atoms with van der Waals surface area (Å²) in [6.45, 7) is 17.7. The molecule has 7 unspecified atom stereocenters. The number of rotatable bonds is 9. The van der Waals surface area contributed by atoms with Gasteiger partial charge in [-0.1, -0.05) is 66.0 Å². The first-order valence-electron chi connectivity index (χ1n) is 19.6. The van der Waals surface area contributed by atoms with Crippen molar-refractivity contribution in [1.29, 1.82) is 0 Å². The first-order chi connectivity index (χ1) is 23.5. The molecule has 7 atom stereocenters. The lowest BCUT2D eigenvalue weighted by atomic mass is 9.45. The van der Waals surface area contributed by atoms with Gasteiger partial charge < -0.3 is 9.47 Å². The normalized spacial score (nSPS) is 29.9. The van der Waals surface area contributed by atoms with E-state index in [1.807, 2.05) is 34.8 Å². The number of carbonyl (C=O) groups is 2. The number of carbonyl (C=O) groups excluding carboxylic acids is 2. The van der Waals surface area contributed by atoms with Crippen molar-refractivity contribution in [2.24, 2.45) is 40.4 Å². The fraction of sp³-hybridized carbons (Fsp3) is 0.682. The zero-order chi connectivity index (χ0) is 36.2. The Morgan fingerprint density at radius 2 is 1.43 bits per heavy atom. The van der Waals surface area contributed by atoms with Gasteiger partial charge in [0.2, 0.25) is 0 Å². The van der Waals surface area contributed by atoms with Crippen molar-refractivity contribution >= 4 is 23.7 Å². The van der Waals surface area contributed by atoms with Crippen molar-refractivity contribution in [1.82, 2.24) is 0 Å². The summed E-state index contributed by atoms with van der Waals surface area (Å²) in [5, 5.41) is 0.589. The van der Waals surface area contributed by atoms with Gasteiger partial charge in [0.25, 0.3) is 0 Å². The van der Waals surface area contributed by atoms with Crippen molar-refractivity contribution in [3.8, 4) is 5.75 Å². The maximum absolute atomic E-state index is 12.3. The van der Waals surface area contributed by atoms with Crippen LogP contribution >= 0.6 is 11.6 Å². The Hall–Kier alpha value is -2.17. The fourth-order valence-corrected chi connectivity index (χ4v) is 10.2. The summed E-state index contributed by atoms with van der Waals surface area (Å²) in [6, 6.07) is 13.4. The fourth-order valence-electron chi connectivity index (χ4n) is 10.1. The van der Waals surface area contributed by atoms with Gasteiger partial charge >= 0.3 is 0 Å². The molecule has 0 radical (unpaired) electrons. The maximum Gasteiger partial charge on any atom is 0.193 e. The maximum atomic E-state index is 12.3. The molecule has 4 nitrogen and oxygen atoms in total. The minimum atomic E-state index is -0.887. The molecule has 2 aromatic rings. The molecule has 4 saturated carbocycles. The minimum Gasteiger partial charge on any atom is -0.480 e. The molecule has 4 fully saturated rings. The van der Waals surface area contributed by atoms with Gasteiger partial charge in [-0.2, -0.15) is 0 Å². The number of fused-ring (bicyclic) bond motifs is 5. The van der Waals surface area contributed by atoms with Gasteiger partial charge in [-0.05, 0) is 167 Å². The number of hydrogen-bond donors (Lipinski definition) is 0. The van der Waals surface area contributed by atoms with E-state index in [4.69, 9.17) is 21.1 Å². The van der Waals surface area contributed by atoms with Gasteiger partial charge in [-0.15, -0.1) is 0 Å². The van der Waals surface area contributed by atoms with Gasteiger partial charge in [-0.3, -0.25) is 9.59 Å². The number of halogens is 1. The lowest BCUT2D eigenvalue weighted by Gasteiger charge is -2.60. The average molecular weight is 695 g/mol. The second kappa shape index (κ2) is 18.9. The van der Waals surface area contributed by atoms with Gasteiger partial charge in [0, 0.05) is 29.9 Å². The SMILES string of the molecule is CC.CC.CC(C)(C=O)Oc1ccc(C(=O)c2ccc(Cl)cc2)cc1.COCCCC1CCC2C3CCC4CCCCC4(C)C3CCC12C. The summed E-state index contributed by atoms with van der Waals surface area (Å²) in [5.41, 5.74) is 1.60. The Labute approximate surface area is 304 Å². The van der Waals surface area contributed by atoms with Gasteiger partial charge in [0.1, 0.15) is 5.75 Å². The molecule has 0 amide bonds. The van der Waals surface area contributed by atoms with Crippen LogP contribution in [0.15, 0.2) is 48.5 Å². The lowest BCUT2D eigenvalue weighted by Crippen LogP contribution is -2.52. The standard InChI is InChI=1S/C23H40O.C17H15ClO3.2C2H6/c1-22-14-5-4-7-17(22)9-11-19-20-12-10-18(8-6-16-24-3)23(20,2)15-13-21(19)22;1-17(2,11-19)21-15-9-5-13(6-10-15)16(20)12-3-7-14(18)8-4-12;2*1-2/h17-21H,4-16H2,1-3H3;3-11H,1-2H3;2*1-2H3. The van der Waals surface area contributed by atoms with E-state index in [0.717, 1.165) is 42.5 Å². The predicted molar refractivity (Wildman–Crippen MR) is 206 cm³/mol. The van der Waals surface area contributed by atoms with Crippen molar-refractivity contribution in [2.45, 2.75) is 138 Å². The van der Waals surface area contributed by atoms with Crippen LogP contribution in [0.5, 0.6) is 5.75 Å². The van der Waals surface area contributed by atoms with Crippen LogP contribution in [0.2, 0.25) is 5.02 Å². The van der Waals surface area contributed by atoms with Crippen molar-refractivity contribution < 1.29 is 19.1 Å². The zero-order valence-corrected chi connectivity index (χ0v) is 33.0. The number of methoxy groups -OCH3 is 1. The highest BCUT2D eigenvalue weighted by Crippen LogP contribution is 2.67. The van der Waals surface area contributed by atoms with Crippen LogP contribution in [0.3, 0.4) is 0 Å². The van der Waals surface area contributed by atoms with Gasteiger partial charge in [0.05, 0.1) is 0 Å². The Morgan fingerprint density at radius 1 is 0.816 bits per heavy atom. The molecule has 0 aromatic heterocycles. The number of ether oxygens (including phenoxy) is 2. The molecule has 2 aromatic carbocycles. The molecule has 49 heavy (non-hydrogen) atoms. The molecule has 0 N–H and O–H groups in total. The van der Waals surface area contributed by atoms with Crippen LogP contribution < -0.4 is 4.74 Å². The Morgan fingerprint density at radius 3 is 2.04 bits per heavy atom. The minimum absolute atomic E-state index is 0.0899. The Kier molecular flexibility index (Phi) is 15.9. The molecule has 4 aliphatic carbocycles. The molecule has 274 valence electrons. The van der Waals surface area contributed by atoms with Crippen molar-refractivity contribution in [3.63, 3.8) is 0 Å². The molecule has 0 aliphatic heterocycles. The highest BCUT2D eigenvalue weighted by molar-refractivity contribution is 6.30. The number of ketones is 1. The van der Waals surface area contributed by atoms with E-state index in [9.17, 15) is 9.59 Å². The predicted octanol–water partition coefficient (Wildman–Crippen LogP) is 12.4. The summed E-state index contributed by atoms with van der Waals surface area (Å²) in [4.78, 5) is 23.1. The molecule has 0 saturated heterocycles. The summed E-state index contributed by atoms with van der Waals surface area (Å²) >= 11 is 5.80. The third-order valence-electron chi connectivity index (χ3n) is 12.6. The van der Waals surface area contributed by atoms with E-state index < -0.39 is 5.60 Å². The monoisotopic (exact) mass is 694 g/mol. The van der Waals surface area contributed by atoms with Crippen LogP contribution in [0.1, 0.15) is 148 Å². The molecule has 0 bridgehead atoms. The van der Waals surface area contributed by atoms with E-state index in [0.29, 0.717) is 32.7 Å². The van der Waals surface area contributed by atoms with E-state index in [1.54, 1.807) is 94.5 Å². The average Bonchev–Trinajstić information content (AvgIpc) is 3.46. The molecule has 0 spiro atoms. The van der Waals surface area contributed by atoms with Crippen LogP contribution in [-0.4, -0.2) is 31.4 Å². The summed E-state index contributed by atoms with van der Waals surface area (Å²) in [6.07, 6.45) is 18.8. The van der Waals surface area contributed by atoms with Gasteiger partial charge in [0.15, 0.2) is 17.7 Å². The number of benzene rings is 2. The third kappa shape index (κ3) is 9.79. The largest absolute Gasteiger partial charge is 0.480 e. The molecular formula is C44H67ClO4. The summed E-state index contributed by atoms with van der Waals surface area (Å²) in [7, 11) is 1.85. The first kappa shape index (κ1) is 41.3. The van der Waals surface area contributed by atoms with Crippen LogP contribution in [0, 0.1) is 40.4 Å². The van der Waals surface area contributed by atoms with Crippen LogP contribution in [-0.2, 0) is 9.53 Å². The van der Waals surface area contributed by atoms with Crippen LogP contribution in [0.25, 0.3) is 0 Å². The first-order valence-corrected chi connectivity index (χ1v) is 19.9. The Bertz CT molecular complexity index is 1290. The quantitative estimate of drug-likeness (QED) is 0.149. The summed E-state index contributed by atoms with van der Waals surface area (Å²) < 4.78 is 10.8. The molecular weight excluding hydrogens is 628 g/mol. The third-order valence-corrected chi connectivity index (χ3v) is 12.8. The summed E-state index contributed by atoms with van der Waals surface area (Å²) in [5.74, 6) is 5.67. The number of aldehydes is 1. The molecule has 4 aliphatic rings. The highest BCUT2D eigenvalue weighted by atomic mass is 35.5. The topological polar surface area (TPSA) is 52.6 Å². The van der Waals surface area contributed by atoms with Crippen molar-refractivity contribution in [3.05, 3.63) is 64.7 Å². The Balaban J connectivity index is 0.000000243. The second-order valence-electron chi connectivity index (χ2n) is 15.5. The second-order valence-corrected chi connectivity index (χ2v) is 16.0. The van der Waals surface area contributed by atoms with Gasteiger partial charge in [-0.25, -0.2) is 0 Å². The van der Waals surface area contributed by atoms with Crippen molar-refractivity contribution in [2.75, 3.05) is 13.7 Å². The van der Waals surface area contributed by atoms with E-state index in [-0.39, 0.29) is 5.78 Å². The highest BCUT2D eigenvalue weighted by Gasteiger charge is 2.59. The van der Waals surface area contributed by atoms with E-state index >= 15 is 0 Å². The number of hydrogen-bond acceptors (Lipinski definition) is 4. The van der Waals surface area contributed by atoms with E-state index in [2.05, 4.69) is 13.8 Å². The van der Waals surface area contributed by atoms with E-state index in [1.165, 1.54) is 44.9 Å². The molecule has 0 heterocycles. The van der Waals surface area contributed by atoms with Crippen LogP contribution in [0.4, 0.5) is 0 Å². The molecule has 6 rings (SSSR count).